The summed E-state index contributed by atoms with van der Waals surface area (Å²) in [7, 11) is -3.41. The third kappa shape index (κ3) is 3.49. The fourth-order valence-corrected chi connectivity index (χ4v) is 4.69. The van der Waals surface area contributed by atoms with Crippen molar-refractivity contribution in [1.29, 1.82) is 0 Å². The third-order valence-electron chi connectivity index (χ3n) is 3.34. The van der Waals surface area contributed by atoms with Gasteiger partial charge in [-0.2, -0.15) is 4.31 Å². The highest BCUT2D eigenvalue weighted by molar-refractivity contribution is 9.10. The number of benzene rings is 1. The van der Waals surface area contributed by atoms with Crippen LogP contribution >= 0.6 is 28.3 Å². The SMILES string of the molecule is CC1CC(CN)CN1S(=O)(=O)c1cccc(Br)c1.Cl. The smallest absolute Gasteiger partial charge is 0.243 e. The second kappa shape index (κ2) is 6.54. The summed E-state index contributed by atoms with van der Waals surface area (Å²) in [6.07, 6.45) is 0.837. The van der Waals surface area contributed by atoms with Crippen LogP contribution in [-0.4, -0.2) is 31.9 Å². The van der Waals surface area contributed by atoms with Crippen LogP contribution in [0.3, 0.4) is 0 Å². The fourth-order valence-electron chi connectivity index (χ4n) is 2.38. The molecule has 1 heterocycles. The Balaban J connectivity index is 0.00000180. The molecule has 2 N–H and O–H groups in total. The topological polar surface area (TPSA) is 63.4 Å². The number of hydrogen-bond acceptors (Lipinski definition) is 3. The van der Waals surface area contributed by atoms with Gasteiger partial charge in [-0.3, -0.25) is 0 Å². The molecule has 0 bridgehead atoms. The van der Waals surface area contributed by atoms with Gasteiger partial charge in [0.15, 0.2) is 0 Å². The molecular formula is C12H18BrClN2O2S. The van der Waals surface area contributed by atoms with E-state index >= 15 is 0 Å². The number of hydrogen-bond donors (Lipinski definition) is 1. The third-order valence-corrected chi connectivity index (χ3v) is 5.81. The van der Waals surface area contributed by atoms with Crippen molar-refractivity contribution in [1.82, 2.24) is 4.31 Å². The van der Waals surface area contributed by atoms with Crippen LogP contribution in [0, 0.1) is 5.92 Å². The van der Waals surface area contributed by atoms with Gasteiger partial charge in [0.1, 0.15) is 0 Å². The van der Waals surface area contributed by atoms with Crippen molar-refractivity contribution in [2.45, 2.75) is 24.3 Å². The van der Waals surface area contributed by atoms with E-state index in [0.29, 0.717) is 18.0 Å². The van der Waals surface area contributed by atoms with E-state index in [1.807, 2.05) is 13.0 Å². The van der Waals surface area contributed by atoms with Crippen molar-refractivity contribution >= 4 is 38.4 Å². The summed E-state index contributed by atoms with van der Waals surface area (Å²) in [6.45, 7) is 2.99. The van der Waals surface area contributed by atoms with Gasteiger partial charge in [0.2, 0.25) is 10.0 Å². The molecular weight excluding hydrogens is 352 g/mol. The lowest BCUT2D eigenvalue weighted by Gasteiger charge is -2.21. The average molecular weight is 370 g/mol. The van der Waals surface area contributed by atoms with E-state index in [1.165, 1.54) is 0 Å². The fraction of sp³-hybridized carbons (Fsp3) is 0.500. The predicted molar refractivity (Wildman–Crippen MR) is 81.9 cm³/mol. The molecule has 108 valence electrons. The highest BCUT2D eigenvalue weighted by atomic mass is 79.9. The summed E-state index contributed by atoms with van der Waals surface area (Å²) in [4.78, 5) is 0.335. The summed E-state index contributed by atoms with van der Waals surface area (Å²) in [6, 6.07) is 6.83. The predicted octanol–water partition coefficient (Wildman–Crippen LogP) is 2.23. The van der Waals surface area contributed by atoms with E-state index in [4.69, 9.17) is 5.73 Å². The van der Waals surface area contributed by atoms with Crippen molar-refractivity contribution < 1.29 is 8.42 Å². The van der Waals surface area contributed by atoms with Crippen LogP contribution < -0.4 is 5.73 Å². The minimum atomic E-state index is -3.41. The molecule has 0 spiro atoms. The van der Waals surface area contributed by atoms with Crippen LogP contribution in [0.1, 0.15) is 13.3 Å². The molecule has 1 aromatic rings. The van der Waals surface area contributed by atoms with Gasteiger partial charge >= 0.3 is 0 Å². The molecule has 1 saturated heterocycles. The molecule has 0 saturated carbocycles. The molecule has 2 unspecified atom stereocenters. The summed E-state index contributed by atoms with van der Waals surface area (Å²) < 4.78 is 27.4. The second-order valence-corrected chi connectivity index (χ2v) is 7.52. The number of rotatable bonds is 3. The normalized spacial score (nSPS) is 24.2. The van der Waals surface area contributed by atoms with Gasteiger partial charge in [0, 0.05) is 17.1 Å². The van der Waals surface area contributed by atoms with Crippen LogP contribution in [0.15, 0.2) is 33.6 Å². The summed E-state index contributed by atoms with van der Waals surface area (Å²) in [5.41, 5.74) is 5.64. The minimum Gasteiger partial charge on any atom is -0.330 e. The second-order valence-electron chi connectivity index (χ2n) is 4.72. The summed E-state index contributed by atoms with van der Waals surface area (Å²) >= 11 is 3.30. The van der Waals surface area contributed by atoms with Crippen molar-refractivity contribution in [3.8, 4) is 0 Å². The van der Waals surface area contributed by atoms with E-state index in [0.717, 1.165) is 10.9 Å². The van der Waals surface area contributed by atoms with Gasteiger partial charge in [-0.05, 0) is 44.0 Å². The van der Waals surface area contributed by atoms with Crippen LogP contribution in [0.2, 0.25) is 0 Å². The number of nitrogens with two attached hydrogens (primary N) is 1. The van der Waals surface area contributed by atoms with E-state index in [1.54, 1.807) is 22.5 Å². The van der Waals surface area contributed by atoms with Gasteiger partial charge < -0.3 is 5.73 Å². The van der Waals surface area contributed by atoms with E-state index in [-0.39, 0.29) is 24.4 Å². The first-order chi connectivity index (χ1) is 8.45. The van der Waals surface area contributed by atoms with E-state index in [2.05, 4.69) is 15.9 Å². The molecule has 19 heavy (non-hydrogen) atoms. The Labute approximate surface area is 128 Å². The quantitative estimate of drug-likeness (QED) is 0.888. The molecule has 1 aliphatic rings. The van der Waals surface area contributed by atoms with Crippen molar-refractivity contribution in [3.63, 3.8) is 0 Å². The lowest BCUT2D eigenvalue weighted by molar-refractivity contribution is 0.404. The van der Waals surface area contributed by atoms with Gasteiger partial charge in [0.05, 0.1) is 4.90 Å². The molecule has 4 nitrogen and oxygen atoms in total. The van der Waals surface area contributed by atoms with Gasteiger partial charge in [-0.1, -0.05) is 22.0 Å². The molecule has 2 rings (SSSR count). The molecule has 1 fully saturated rings. The Kier molecular flexibility index (Phi) is 5.82. The molecule has 7 heteroatoms. The summed E-state index contributed by atoms with van der Waals surface area (Å²) in [5, 5.41) is 0. The monoisotopic (exact) mass is 368 g/mol. The Hall–Kier alpha value is -0.140. The molecule has 1 aliphatic heterocycles. The molecule has 0 aliphatic carbocycles. The first-order valence-electron chi connectivity index (χ1n) is 5.92. The number of nitrogens with zero attached hydrogens (tertiary/aromatic N) is 1. The highest BCUT2D eigenvalue weighted by Gasteiger charge is 2.37. The maximum absolute atomic E-state index is 12.5. The van der Waals surface area contributed by atoms with Crippen LogP contribution in [-0.2, 0) is 10.0 Å². The first kappa shape index (κ1) is 16.9. The standard InChI is InChI=1S/C12H17BrN2O2S.ClH/c1-9-5-10(7-14)8-15(9)18(16,17)12-4-2-3-11(13)6-12;/h2-4,6,9-10H,5,7-8,14H2,1H3;1H. The molecule has 0 aromatic heterocycles. The van der Waals surface area contributed by atoms with Crippen LogP contribution in [0.25, 0.3) is 0 Å². The maximum atomic E-state index is 12.5. The van der Waals surface area contributed by atoms with Crippen molar-refractivity contribution in [3.05, 3.63) is 28.7 Å². The van der Waals surface area contributed by atoms with Gasteiger partial charge in [-0.25, -0.2) is 8.42 Å². The lowest BCUT2D eigenvalue weighted by atomic mass is 10.1. The average Bonchev–Trinajstić information content (AvgIpc) is 2.71. The lowest BCUT2D eigenvalue weighted by Crippen LogP contribution is -2.34. The van der Waals surface area contributed by atoms with Crippen LogP contribution in [0.5, 0.6) is 0 Å². The maximum Gasteiger partial charge on any atom is 0.243 e. The van der Waals surface area contributed by atoms with E-state index in [9.17, 15) is 8.42 Å². The van der Waals surface area contributed by atoms with Gasteiger partial charge in [-0.15, -0.1) is 12.4 Å². The van der Waals surface area contributed by atoms with Crippen LogP contribution in [0.4, 0.5) is 0 Å². The Morgan fingerprint density at radius 2 is 2.16 bits per heavy atom. The zero-order valence-corrected chi connectivity index (χ0v) is 13.8. The molecule has 1 aromatic carbocycles. The zero-order valence-electron chi connectivity index (χ0n) is 10.6. The zero-order chi connectivity index (χ0) is 13.3. The summed E-state index contributed by atoms with van der Waals surface area (Å²) in [5.74, 6) is 0.266. The molecule has 0 amide bonds. The van der Waals surface area contributed by atoms with E-state index < -0.39 is 10.0 Å². The Bertz CT molecular complexity index is 538. The molecule has 2 atom stereocenters. The number of sulfonamides is 1. The Morgan fingerprint density at radius 1 is 1.47 bits per heavy atom. The first-order valence-corrected chi connectivity index (χ1v) is 8.16. The number of halogens is 2. The molecule has 0 radical (unpaired) electrons. The largest absolute Gasteiger partial charge is 0.330 e. The highest BCUT2D eigenvalue weighted by Crippen LogP contribution is 2.29. The van der Waals surface area contributed by atoms with Gasteiger partial charge in [0.25, 0.3) is 0 Å². The minimum absolute atomic E-state index is 0. The van der Waals surface area contributed by atoms with Crippen molar-refractivity contribution in [2.24, 2.45) is 11.7 Å². The Morgan fingerprint density at radius 3 is 2.68 bits per heavy atom. The van der Waals surface area contributed by atoms with Crippen molar-refractivity contribution in [2.75, 3.05) is 13.1 Å².